The molecular weight excluding hydrogens is 435 g/mol. The first-order valence-corrected chi connectivity index (χ1v) is 11.6. The van der Waals surface area contributed by atoms with Crippen molar-refractivity contribution in [3.05, 3.63) is 64.5 Å². The van der Waals surface area contributed by atoms with Crippen LogP contribution < -0.4 is 5.32 Å². The van der Waals surface area contributed by atoms with E-state index in [1.807, 2.05) is 24.8 Å². The molecule has 2 atom stereocenters. The van der Waals surface area contributed by atoms with E-state index >= 15 is 0 Å². The maximum atomic E-state index is 14.5. The molecule has 0 saturated carbocycles. The first kappa shape index (κ1) is 23.9. The van der Waals surface area contributed by atoms with Gasteiger partial charge in [-0.15, -0.1) is 0 Å². The van der Waals surface area contributed by atoms with Crippen molar-refractivity contribution in [2.75, 3.05) is 31.6 Å². The smallest absolute Gasteiger partial charge is 0.255 e. The number of benzene rings is 2. The average molecular weight is 465 g/mol. The zero-order valence-corrected chi connectivity index (χ0v) is 19.5. The fourth-order valence-corrected chi connectivity index (χ4v) is 4.66. The summed E-state index contributed by atoms with van der Waals surface area (Å²) in [5.41, 5.74) is 2.70. The van der Waals surface area contributed by atoms with Gasteiger partial charge < -0.3 is 15.0 Å². The summed E-state index contributed by atoms with van der Waals surface area (Å²) in [5, 5.41) is 11.8. The van der Waals surface area contributed by atoms with Crippen molar-refractivity contribution in [3.8, 4) is 6.07 Å². The van der Waals surface area contributed by atoms with Crippen LogP contribution in [0.15, 0.2) is 36.4 Å². The van der Waals surface area contributed by atoms with Crippen LogP contribution in [0, 0.1) is 24.1 Å². The molecule has 2 aliphatic heterocycles. The van der Waals surface area contributed by atoms with Crippen molar-refractivity contribution in [2.24, 2.45) is 0 Å². The van der Waals surface area contributed by atoms with Crippen molar-refractivity contribution in [3.63, 3.8) is 0 Å². The van der Waals surface area contributed by atoms with Gasteiger partial charge in [0.25, 0.3) is 11.8 Å². The molecule has 0 bridgehead atoms. The number of rotatable bonds is 5. The van der Waals surface area contributed by atoms with Gasteiger partial charge in [-0.1, -0.05) is 6.07 Å². The molecule has 2 aliphatic rings. The Morgan fingerprint density at radius 3 is 2.79 bits per heavy atom. The number of amides is 2. The molecule has 178 valence electrons. The van der Waals surface area contributed by atoms with Crippen molar-refractivity contribution in [2.45, 2.75) is 45.4 Å². The molecule has 0 radical (unpaired) electrons. The standard InChI is InChI=1S/C26H29FN4O3/c1-17-15-30(8-9-31(17)26(33)24-7-4-10-34-24)16-21-12-22(27)13-23(18(21)2)29-25(32)20-6-3-5-19(11-20)14-28/h3,5-6,11-13,17,24H,4,7-10,15-16H2,1-2H3,(H,29,32). The summed E-state index contributed by atoms with van der Waals surface area (Å²) in [5.74, 6) is -0.759. The molecule has 0 aliphatic carbocycles. The lowest BCUT2D eigenvalue weighted by Crippen LogP contribution is -2.55. The molecule has 0 aromatic heterocycles. The van der Waals surface area contributed by atoms with Gasteiger partial charge in [0.1, 0.15) is 11.9 Å². The van der Waals surface area contributed by atoms with Crippen LogP contribution >= 0.6 is 0 Å². The summed E-state index contributed by atoms with van der Waals surface area (Å²) in [7, 11) is 0. The van der Waals surface area contributed by atoms with Gasteiger partial charge in [-0.2, -0.15) is 5.26 Å². The molecule has 2 amide bonds. The quantitative estimate of drug-likeness (QED) is 0.732. The summed E-state index contributed by atoms with van der Waals surface area (Å²) >= 11 is 0. The Morgan fingerprint density at radius 1 is 1.26 bits per heavy atom. The Hall–Kier alpha value is -3.28. The second-order valence-electron chi connectivity index (χ2n) is 9.00. The summed E-state index contributed by atoms with van der Waals surface area (Å²) < 4.78 is 20.0. The van der Waals surface area contributed by atoms with Crippen LogP contribution in [-0.4, -0.2) is 60.0 Å². The molecule has 2 fully saturated rings. The van der Waals surface area contributed by atoms with E-state index in [0.29, 0.717) is 49.6 Å². The van der Waals surface area contributed by atoms with Crippen molar-refractivity contribution in [1.29, 1.82) is 5.26 Å². The maximum absolute atomic E-state index is 14.5. The van der Waals surface area contributed by atoms with Gasteiger partial charge in [0.05, 0.1) is 11.6 Å². The minimum absolute atomic E-state index is 0.0332. The number of nitrogens with zero attached hydrogens (tertiary/aromatic N) is 3. The van der Waals surface area contributed by atoms with E-state index in [9.17, 15) is 14.0 Å². The number of hydrogen-bond acceptors (Lipinski definition) is 5. The molecule has 2 aromatic rings. The van der Waals surface area contributed by atoms with Gasteiger partial charge in [-0.3, -0.25) is 14.5 Å². The molecule has 8 heteroatoms. The largest absolute Gasteiger partial charge is 0.368 e. The molecule has 7 nitrogen and oxygen atoms in total. The number of ether oxygens (including phenoxy) is 1. The van der Waals surface area contributed by atoms with Crippen LogP contribution in [0.3, 0.4) is 0 Å². The topological polar surface area (TPSA) is 85.7 Å². The Kier molecular flexibility index (Phi) is 7.25. The van der Waals surface area contributed by atoms with Crippen LogP contribution in [0.25, 0.3) is 0 Å². The highest BCUT2D eigenvalue weighted by molar-refractivity contribution is 6.04. The molecule has 0 spiro atoms. The molecule has 34 heavy (non-hydrogen) atoms. The molecule has 4 rings (SSSR count). The molecular formula is C26H29FN4O3. The van der Waals surface area contributed by atoms with Crippen molar-refractivity contribution in [1.82, 2.24) is 9.80 Å². The highest BCUT2D eigenvalue weighted by Gasteiger charge is 2.34. The molecule has 1 N–H and O–H groups in total. The zero-order chi connectivity index (χ0) is 24.2. The third kappa shape index (κ3) is 5.27. The highest BCUT2D eigenvalue weighted by atomic mass is 19.1. The van der Waals surface area contributed by atoms with Crippen LogP contribution in [-0.2, 0) is 16.1 Å². The number of halogens is 1. The molecule has 2 heterocycles. The van der Waals surface area contributed by atoms with Gasteiger partial charge >= 0.3 is 0 Å². The van der Waals surface area contributed by atoms with E-state index in [0.717, 1.165) is 24.0 Å². The summed E-state index contributed by atoms with van der Waals surface area (Å²) in [6, 6.07) is 11.2. The van der Waals surface area contributed by atoms with Gasteiger partial charge in [0, 0.05) is 50.1 Å². The SMILES string of the molecule is Cc1c(CN2CCN(C(=O)C3CCCO3)C(C)C2)cc(F)cc1NC(=O)c1cccc(C#N)c1. The van der Waals surface area contributed by atoms with Crippen molar-refractivity contribution < 1.29 is 18.7 Å². The Morgan fingerprint density at radius 2 is 2.09 bits per heavy atom. The lowest BCUT2D eigenvalue weighted by Gasteiger charge is -2.41. The fraction of sp³-hybridized carbons (Fsp3) is 0.423. The normalized spacial score (nSPS) is 20.7. The van der Waals surface area contributed by atoms with E-state index in [2.05, 4.69) is 10.2 Å². The maximum Gasteiger partial charge on any atom is 0.255 e. The van der Waals surface area contributed by atoms with Gasteiger partial charge in [-0.25, -0.2) is 4.39 Å². The third-order valence-corrected chi connectivity index (χ3v) is 6.58. The van der Waals surface area contributed by atoms with Crippen LogP contribution in [0.1, 0.15) is 46.8 Å². The minimum Gasteiger partial charge on any atom is -0.368 e. The lowest BCUT2D eigenvalue weighted by atomic mass is 10.0. The van der Waals surface area contributed by atoms with Crippen LogP contribution in [0.5, 0.6) is 0 Å². The summed E-state index contributed by atoms with van der Waals surface area (Å²) in [6.07, 6.45) is 1.38. The number of anilines is 1. The summed E-state index contributed by atoms with van der Waals surface area (Å²) in [6.45, 7) is 7.01. The first-order valence-electron chi connectivity index (χ1n) is 11.6. The van der Waals surface area contributed by atoms with Gasteiger partial charge in [-0.05, 0) is 68.1 Å². The van der Waals surface area contributed by atoms with E-state index < -0.39 is 11.7 Å². The Labute approximate surface area is 199 Å². The lowest BCUT2D eigenvalue weighted by molar-refractivity contribution is -0.145. The molecule has 2 unspecified atom stereocenters. The highest BCUT2D eigenvalue weighted by Crippen LogP contribution is 2.25. The second-order valence-corrected chi connectivity index (χ2v) is 9.00. The minimum atomic E-state index is -0.429. The Bertz CT molecular complexity index is 1120. The van der Waals surface area contributed by atoms with E-state index in [1.165, 1.54) is 18.2 Å². The fourth-order valence-electron chi connectivity index (χ4n) is 4.66. The third-order valence-electron chi connectivity index (χ3n) is 6.58. The van der Waals surface area contributed by atoms with Gasteiger partial charge in [0.2, 0.25) is 0 Å². The number of carbonyl (C=O) groups excluding carboxylic acids is 2. The number of carbonyl (C=O) groups is 2. The zero-order valence-electron chi connectivity index (χ0n) is 19.5. The van der Waals surface area contributed by atoms with Crippen molar-refractivity contribution >= 4 is 17.5 Å². The Balaban J connectivity index is 1.43. The number of piperazine rings is 1. The van der Waals surface area contributed by atoms with Crippen LogP contribution in [0.2, 0.25) is 0 Å². The number of nitrogens with one attached hydrogen (secondary N) is 1. The molecule has 2 saturated heterocycles. The first-order chi connectivity index (χ1) is 16.4. The second kappa shape index (κ2) is 10.3. The summed E-state index contributed by atoms with van der Waals surface area (Å²) in [4.78, 5) is 29.5. The molecule has 2 aromatic carbocycles. The van der Waals surface area contributed by atoms with E-state index in [-0.39, 0.29) is 18.1 Å². The van der Waals surface area contributed by atoms with Gasteiger partial charge in [0.15, 0.2) is 0 Å². The average Bonchev–Trinajstić information content (AvgIpc) is 3.37. The number of nitriles is 1. The van der Waals surface area contributed by atoms with E-state index in [4.69, 9.17) is 10.00 Å². The number of hydrogen-bond donors (Lipinski definition) is 1. The monoisotopic (exact) mass is 464 g/mol. The van der Waals surface area contributed by atoms with Crippen LogP contribution in [0.4, 0.5) is 10.1 Å². The predicted octanol–water partition coefficient (Wildman–Crippen LogP) is 3.47. The van der Waals surface area contributed by atoms with E-state index in [1.54, 1.807) is 18.2 Å². The predicted molar refractivity (Wildman–Crippen MR) is 126 cm³/mol.